The molecule has 1 fully saturated rings. The highest BCUT2D eigenvalue weighted by atomic mass is 16.2. The number of hydrogen-bond donors (Lipinski definition) is 0. The fourth-order valence-corrected chi connectivity index (χ4v) is 4.53. The summed E-state index contributed by atoms with van der Waals surface area (Å²) in [6, 6.07) is 4.13. The number of amides is 1. The fourth-order valence-electron chi connectivity index (χ4n) is 4.53. The van der Waals surface area contributed by atoms with Crippen LogP contribution in [0.15, 0.2) is 36.9 Å². The minimum atomic E-state index is -0.150. The number of imidazole rings is 1. The molecule has 0 saturated carbocycles. The molecule has 4 rings (SSSR count). The molecule has 2 aliphatic heterocycles. The van der Waals surface area contributed by atoms with Crippen LogP contribution < -0.4 is 0 Å². The van der Waals surface area contributed by atoms with E-state index in [1.807, 2.05) is 23.5 Å². The normalized spacial score (nSPS) is 18.8. The standard InChI is InChI=1S/C21H27N5O2/c1-17(27)2-3-19(28)24-11-6-21(7-12-24)20-23-10-13-25(20)14-15-26(21)16-18-4-8-22-9-5-18/h4-5,8-10,13H,2-3,6-7,11-12,14-16H2,1H3. The van der Waals surface area contributed by atoms with E-state index in [1.165, 1.54) is 12.5 Å². The fraction of sp³-hybridized carbons (Fsp3) is 0.524. The lowest BCUT2D eigenvalue weighted by molar-refractivity contribution is -0.136. The second kappa shape index (κ2) is 7.83. The van der Waals surface area contributed by atoms with Gasteiger partial charge in [-0.05, 0) is 37.5 Å². The maximum absolute atomic E-state index is 12.5. The lowest BCUT2D eigenvalue weighted by Crippen LogP contribution is -2.58. The van der Waals surface area contributed by atoms with Crippen molar-refractivity contribution in [3.8, 4) is 0 Å². The van der Waals surface area contributed by atoms with Crippen molar-refractivity contribution in [1.29, 1.82) is 0 Å². The number of hydrogen-bond acceptors (Lipinski definition) is 5. The summed E-state index contributed by atoms with van der Waals surface area (Å²) in [6.07, 6.45) is 9.99. The molecule has 0 atom stereocenters. The van der Waals surface area contributed by atoms with Crippen molar-refractivity contribution in [3.63, 3.8) is 0 Å². The Morgan fingerprint density at radius 2 is 1.79 bits per heavy atom. The second-order valence-corrected chi connectivity index (χ2v) is 7.84. The summed E-state index contributed by atoms with van der Waals surface area (Å²) in [5.74, 6) is 1.27. The molecule has 1 saturated heterocycles. The molecule has 1 amide bonds. The Bertz CT molecular complexity index is 839. The van der Waals surface area contributed by atoms with Gasteiger partial charge in [0.1, 0.15) is 11.6 Å². The molecule has 4 heterocycles. The summed E-state index contributed by atoms with van der Waals surface area (Å²) in [5.41, 5.74) is 1.09. The zero-order valence-corrected chi connectivity index (χ0v) is 16.4. The van der Waals surface area contributed by atoms with Crippen molar-refractivity contribution in [3.05, 3.63) is 48.3 Å². The van der Waals surface area contributed by atoms with Gasteiger partial charge in [-0.2, -0.15) is 0 Å². The predicted molar refractivity (Wildman–Crippen MR) is 104 cm³/mol. The predicted octanol–water partition coefficient (Wildman–Crippen LogP) is 1.98. The summed E-state index contributed by atoms with van der Waals surface area (Å²) in [7, 11) is 0. The van der Waals surface area contributed by atoms with Gasteiger partial charge < -0.3 is 14.3 Å². The van der Waals surface area contributed by atoms with Gasteiger partial charge in [-0.1, -0.05) is 0 Å². The lowest BCUT2D eigenvalue weighted by atomic mass is 9.82. The zero-order valence-electron chi connectivity index (χ0n) is 16.4. The van der Waals surface area contributed by atoms with Crippen LogP contribution in [0, 0.1) is 0 Å². The van der Waals surface area contributed by atoms with Crippen LogP contribution in [0.3, 0.4) is 0 Å². The minimum Gasteiger partial charge on any atom is -0.343 e. The second-order valence-electron chi connectivity index (χ2n) is 7.84. The van der Waals surface area contributed by atoms with E-state index >= 15 is 0 Å². The molecule has 7 heteroatoms. The van der Waals surface area contributed by atoms with E-state index in [0.717, 1.165) is 38.3 Å². The van der Waals surface area contributed by atoms with E-state index < -0.39 is 0 Å². The quantitative estimate of drug-likeness (QED) is 0.792. The van der Waals surface area contributed by atoms with Gasteiger partial charge in [0.15, 0.2) is 0 Å². The highest BCUT2D eigenvalue weighted by Crippen LogP contribution is 2.41. The summed E-state index contributed by atoms with van der Waals surface area (Å²) < 4.78 is 2.26. The minimum absolute atomic E-state index is 0.0691. The van der Waals surface area contributed by atoms with E-state index in [0.29, 0.717) is 25.9 Å². The van der Waals surface area contributed by atoms with Crippen LogP contribution in [0.2, 0.25) is 0 Å². The summed E-state index contributed by atoms with van der Waals surface area (Å²) in [5, 5.41) is 0. The van der Waals surface area contributed by atoms with Gasteiger partial charge in [-0.15, -0.1) is 0 Å². The van der Waals surface area contributed by atoms with Crippen molar-refractivity contribution in [2.24, 2.45) is 0 Å². The molecular weight excluding hydrogens is 354 g/mol. The molecule has 1 spiro atoms. The van der Waals surface area contributed by atoms with Crippen LogP contribution in [-0.2, 0) is 28.2 Å². The van der Waals surface area contributed by atoms with Crippen LogP contribution in [0.25, 0.3) is 0 Å². The Balaban J connectivity index is 1.53. The number of fused-ring (bicyclic) bond motifs is 2. The van der Waals surface area contributed by atoms with Crippen molar-refractivity contribution in [2.45, 2.75) is 51.2 Å². The van der Waals surface area contributed by atoms with Crippen LogP contribution in [-0.4, -0.2) is 55.7 Å². The van der Waals surface area contributed by atoms with Crippen molar-refractivity contribution in [2.75, 3.05) is 19.6 Å². The van der Waals surface area contributed by atoms with E-state index in [9.17, 15) is 9.59 Å². The average Bonchev–Trinajstić information content (AvgIpc) is 3.20. The molecular formula is C21H27N5O2. The molecule has 0 N–H and O–H groups in total. The van der Waals surface area contributed by atoms with Gasteiger partial charge in [0.05, 0.1) is 5.54 Å². The number of Topliss-reactive ketones (excluding diaryl/α,β-unsaturated/α-hetero) is 1. The highest BCUT2D eigenvalue weighted by Gasteiger charge is 2.46. The van der Waals surface area contributed by atoms with E-state index in [4.69, 9.17) is 4.98 Å². The first-order chi connectivity index (χ1) is 13.6. The maximum atomic E-state index is 12.5. The van der Waals surface area contributed by atoms with E-state index in [2.05, 4.69) is 32.8 Å². The number of carbonyl (C=O) groups excluding carboxylic acids is 2. The number of likely N-dealkylation sites (tertiary alicyclic amines) is 1. The van der Waals surface area contributed by atoms with Crippen molar-refractivity contribution < 1.29 is 9.59 Å². The number of pyridine rings is 1. The topological polar surface area (TPSA) is 71.3 Å². The Kier molecular flexibility index (Phi) is 5.26. The Morgan fingerprint density at radius 3 is 2.50 bits per heavy atom. The third kappa shape index (κ3) is 3.58. The number of aromatic nitrogens is 3. The van der Waals surface area contributed by atoms with Crippen LogP contribution >= 0.6 is 0 Å². The maximum Gasteiger partial charge on any atom is 0.223 e. The number of ketones is 1. The van der Waals surface area contributed by atoms with E-state index in [1.54, 1.807) is 0 Å². The smallest absolute Gasteiger partial charge is 0.223 e. The first kappa shape index (κ1) is 18.8. The zero-order chi connectivity index (χ0) is 19.6. The summed E-state index contributed by atoms with van der Waals surface area (Å²) >= 11 is 0. The highest BCUT2D eigenvalue weighted by molar-refractivity contribution is 5.83. The van der Waals surface area contributed by atoms with Gasteiger partial charge in [0, 0.05) is 70.4 Å². The van der Waals surface area contributed by atoms with Gasteiger partial charge in [-0.25, -0.2) is 4.98 Å². The van der Waals surface area contributed by atoms with Gasteiger partial charge in [0.25, 0.3) is 0 Å². The number of rotatable bonds is 5. The number of carbonyl (C=O) groups is 2. The van der Waals surface area contributed by atoms with Gasteiger partial charge >= 0.3 is 0 Å². The number of nitrogens with zero attached hydrogens (tertiary/aromatic N) is 5. The third-order valence-corrected chi connectivity index (χ3v) is 6.10. The van der Waals surface area contributed by atoms with Crippen molar-refractivity contribution in [1.82, 2.24) is 24.3 Å². The Morgan fingerprint density at radius 1 is 1.04 bits per heavy atom. The molecule has 0 aromatic carbocycles. The summed E-state index contributed by atoms with van der Waals surface area (Å²) in [4.78, 5) is 37.0. The molecule has 0 unspecified atom stereocenters. The summed E-state index contributed by atoms with van der Waals surface area (Å²) in [6.45, 7) is 5.70. The molecule has 0 aliphatic carbocycles. The molecule has 148 valence electrons. The first-order valence-electron chi connectivity index (χ1n) is 10.0. The average molecular weight is 381 g/mol. The molecule has 2 aliphatic rings. The molecule has 0 bridgehead atoms. The lowest BCUT2D eigenvalue weighted by Gasteiger charge is -2.51. The van der Waals surface area contributed by atoms with Crippen molar-refractivity contribution >= 4 is 11.7 Å². The number of piperidine rings is 1. The molecule has 28 heavy (non-hydrogen) atoms. The molecule has 0 radical (unpaired) electrons. The van der Waals surface area contributed by atoms with Crippen LogP contribution in [0.5, 0.6) is 0 Å². The molecule has 2 aromatic rings. The molecule has 7 nitrogen and oxygen atoms in total. The largest absolute Gasteiger partial charge is 0.343 e. The van der Waals surface area contributed by atoms with Crippen LogP contribution in [0.4, 0.5) is 0 Å². The van der Waals surface area contributed by atoms with Gasteiger partial charge in [-0.3, -0.25) is 14.7 Å². The third-order valence-electron chi connectivity index (χ3n) is 6.10. The Hall–Kier alpha value is -2.54. The van der Waals surface area contributed by atoms with E-state index in [-0.39, 0.29) is 17.2 Å². The SMILES string of the molecule is CC(=O)CCC(=O)N1CCC2(CC1)c1nccn1CCN2Cc1ccncc1. The molecule has 2 aromatic heterocycles. The van der Waals surface area contributed by atoms with Crippen LogP contribution in [0.1, 0.15) is 44.0 Å². The first-order valence-corrected chi connectivity index (χ1v) is 10.0. The van der Waals surface area contributed by atoms with Gasteiger partial charge in [0.2, 0.25) is 5.91 Å². The monoisotopic (exact) mass is 381 g/mol. The Labute approximate surface area is 165 Å².